The first-order chi connectivity index (χ1) is 5.88. The van der Waals surface area contributed by atoms with Crippen LogP contribution in [0.5, 0.6) is 0 Å². The summed E-state index contributed by atoms with van der Waals surface area (Å²) in [6.45, 7) is 3.45. The van der Waals surface area contributed by atoms with E-state index in [0.717, 1.165) is 0 Å². The summed E-state index contributed by atoms with van der Waals surface area (Å²) in [5, 5.41) is 9.52. The lowest BCUT2D eigenvalue weighted by molar-refractivity contribution is 0.0590. The molecule has 0 aromatic heterocycles. The minimum absolute atomic E-state index is 0.0623. The summed E-state index contributed by atoms with van der Waals surface area (Å²) in [7, 11) is 0. The number of hydrogen-bond donors (Lipinski definition) is 2. The van der Waals surface area contributed by atoms with Crippen molar-refractivity contribution in [2.75, 3.05) is 0 Å². The van der Waals surface area contributed by atoms with E-state index in [1.54, 1.807) is 19.9 Å². The Morgan fingerprint density at radius 3 is 2.77 bits per heavy atom. The molecule has 1 rings (SSSR count). The zero-order chi connectivity index (χ0) is 10.1. The standard InChI is InChI=1S/C10H16FNO/c1-10(2,13)6-7-3-4-9(12)8(11)5-7/h4-5,7,13H,3,6,12H2,1-2H3/t7-/m0/s1. The Kier molecular flexibility index (Phi) is 2.76. The molecule has 0 spiro atoms. The molecule has 1 aliphatic rings. The predicted octanol–water partition coefficient (Wildman–Crippen LogP) is 1.86. The minimum atomic E-state index is -0.749. The van der Waals surface area contributed by atoms with Crippen LogP contribution in [0.2, 0.25) is 0 Å². The van der Waals surface area contributed by atoms with E-state index in [2.05, 4.69) is 0 Å². The van der Waals surface area contributed by atoms with Gasteiger partial charge in [-0.05, 0) is 38.7 Å². The molecule has 1 aliphatic carbocycles. The molecule has 0 heterocycles. The van der Waals surface area contributed by atoms with Gasteiger partial charge in [0.05, 0.1) is 11.3 Å². The second kappa shape index (κ2) is 3.50. The molecule has 13 heavy (non-hydrogen) atoms. The summed E-state index contributed by atoms with van der Waals surface area (Å²) in [5.41, 5.74) is 4.83. The number of aliphatic hydroxyl groups is 1. The zero-order valence-electron chi connectivity index (χ0n) is 8.05. The van der Waals surface area contributed by atoms with Gasteiger partial charge in [-0.15, -0.1) is 0 Å². The van der Waals surface area contributed by atoms with E-state index < -0.39 is 5.60 Å². The minimum Gasteiger partial charge on any atom is -0.397 e. The first-order valence-corrected chi connectivity index (χ1v) is 4.44. The Morgan fingerprint density at radius 2 is 2.31 bits per heavy atom. The van der Waals surface area contributed by atoms with Crippen LogP contribution in [-0.4, -0.2) is 10.7 Å². The van der Waals surface area contributed by atoms with E-state index in [9.17, 15) is 9.50 Å². The summed E-state index contributed by atoms with van der Waals surface area (Å²) < 4.78 is 13.0. The number of nitrogens with two attached hydrogens (primary N) is 1. The van der Waals surface area contributed by atoms with Crippen LogP contribution in [0.3, 0.4) is 0 Å². The molecule has 0 aromatic rings. The maximum absolute atomic E-state index is 13.0. The molecular formula is C10H16FNO. The molecule has 3 heteroatoms. The Labute approximate surface area is 77.9 Å². The predicted molar refractivity (Wildman–Crippen MR) is 50.5 cm³/mol. The summed E-state index contributed by atoms with van der Waals surface area (Å²) in [5.74, 6) is -0.298. The second-order valence-corrected chi connectivity index (χ2v) is 4.19. The molecule has 0 fully saturated rings. The third-order valence-electron chi connectivity index (χ3n) is 2.06. The van der Waals surface area contributed by atoms with Gasteiger partial charge in [0.25, 0.3) is 0 Å². The molecule has 2 nitrogen and oxygen atoms in total. The van der Waals surface area contributed by atoms with E-state index in [1.165, 1.54) is 6.08 Å². The van der Waals surface area contributed by atoms with Crippen LogP contribution in [0, 0.1) is 5.92 Å². The van der Waals surface area contributed by atoms with Crippen LogP contribution < -0.4 is 5.73 Å². The van der Waals surface area contributed by atoms with Crippen molar-refractivity contribution in [3.05, 3.63) is 23.7 Å². The molecule has 74 valence electrons. The fraction of sp³-hybridized carbons (Fsp3) is 0.600. The number of allylic oxidation sites excluding steroid dienone is 3. The van der Waals surface area contributed by atoms with Gasteiger partial charge in [0.15, 0.2) is 0 Å². The maximum atomic E-state index is 13.0. The summed E-state index contributed by atoms with van der Waals surface area (Å²) in [4.78, 5) is 0. The van der Waals surface area contributed by atoms with Gasteiger partial charge in [-0.3, -0.25) is 0 Å². The van der Waals surface area contributed by atoms with Gasteiger partial charge < -0.3 is 10.8 Å². The summed E-state index contributed by atoms with van der Waals surface area (Å²) in [6, 6.07) is 0. The van der Waals surface area contributed by atoms with Gasteiger partial charge in [-0.25, -0.2) is 4.39 Å². The van der Waals surface area contributed by atoms with Gasteiger partial charge in [-0.1, -0.05) is 6.08 Å². The molecule has 0 unspecified atom stereocenters. The molecule has 0 bridgehead atoms. The van der Waals surface area contributed by atoms with Crippen molar-refractivity contribution in [1.29, 1.82) is 0 Å². The molecule has 0 aliphatic heterocycles. The van der Waals surface area contributed by atoms with E-state index in [4.69, 9.17) is 5.73 Å². The average molecular weight is 185 g/mol. The van der Waals surface area contributed by atoms with Crippen LogP contribution in [0.4, 0.5) is 4.39 Å². The van der Waals surface area contributed by atoms with Crippen molar-refractivity contribution >= 4 is 0 Å². The molecule has 3 N–H and O–H groups in total. The Morgan fingerprint density at radius 1 is 1.69 bits per heavy atom. The Hall–Kier alpha value is -0.830. The molecule has 0 radical (unpaired) electrons. The molecule has 0 saturated heterocycles. The molecule has 0 saturated carbocycles. The molecular weight excluding hydrogens is 169 g/mol. The normalized spacial score (nSPS) is 23.8. The quantitative estimate of drug-likeness (QED) is 0.689. The number of halogens is 1. The lowest BCUT2D eigenvalue weighted by Gasteiger charge is -2.23. The van der Waals surface area contributed by atoms with E-state index in [0.29, 0.717) is 12.8 Å². The topological polar surface area (TPSA) is 46.2 Å². The highest BCUT2D eigenvalue weighted by atomic mass is 19.1. The summed E-state index contributed by atoms with van der Waals surface area (Å²) in [6.07, 6.45) is 4.44. The number of rotatable bonds is 2. The van der Waals surface area contributed by atoms with Crippen LogP contribution in [0.25, 0.3) is 0 Å². The third kappa shape index (κ3) is 3.19. The van der Waals surface area contributed by atoms with Crippen LogP contribution in [0.15, 0.2) is 23.7 Å². The SMILES string of the molecule is CC(C)(O)C[C@@H]1C=C(F)C(N)=CC1. The van der Waals surface area contributed by atoms with Crippen molar-refractivity contribution in [3.63, 3.8) is 0 Å². The van der Waals surface area contributed by atoms with Gasteiger partial charge in [0, 0.05) is 0 Å². The van der Waals surface area contributed by atoms with E-state index >= 15 is 0 Å². The molecule has 0 amide bonds. The van der Waals surface area contributed by atoms with Crippen molar-refractivity contribution < 1.29 is 9.50 Å². The highest BCUT2D eigenvalue weighted by Gasteiger charge is 2.21. The second-order valence-electron chi connectivity index (χ2n) is 4.19. The Balaban J connectivity index is 2.59. The maximum Gasteiger partial charge on any atom is 0.142 e. The largest absolute Gasteiger partial charge is 0.397 e. The van der Waals surface area contributed by atoms with E-state index in [1.807, 2.05) is 0 Å². The fourth-order valence-corrected chi connectivity index (χ4v) is 1.53. The van der Waals surface area contributed by atoms with E-state index in [-0.39, 0.29) is 17.4 Å². The first kappa shape index (κ1) is 10.3. The number of hydrogen-bond acceptors (Lipinski definition) is 2. The van der Waals surface area contributed by atoms with Gasteiger partial charge in [0.1, 0.15) is 5.83 Å². The van der Waals surface area contributed by atoms with Gasteiger partial charge in [0.2, 0.25) is 0 Å². The highest BCUT2D eigenvalue weighted by Crippen LogP contribution is 2.27. The lowest BCUT2D eigenvalue weighted by atomic mass is 9.88. The zero-order valence-corrected chi connectivity index (χ0v) is 8.05. The molecule has 1 atom stereocenters. The average Bonchev–Trinajstić information content (AvgIpc) is 1.94. The van der Waals surface area contributed by atoms with Crippen LogP contribution in [-0.2, 0) is 0 Å². The highest BCUT2D eigenvalue weighted by molar-refractivity contribution is 5.26. The smallest absolute Gasteiger partial charge is 0.142 e. The van der Waals surface area contributed by atoms with Crippen LogP contribution >= 0.6 is 0 Å². The van der Waals surface area contributed by atoms with Crippen molar-refractivity contribution in [1.82, 2.24) is 0 Å². The van der Waals surface area contributed by atoms with Crippen molar-refractivity contribution in [3.8, 4) is 0 Å². The fourth-order valence-electron chi connectivity index (χ4n) is 1.53. The third-order valence-corrected chi connectivity index (χ3v) is 2.06. The van der Waals surface area contributed by atoms with Crippen molar-refractivity contribution in [2.24, 2.45) is 11.7 Å². The monoisotopic (exact) mass is 185 g/mol. The lowest BCUT2D eigenvalue weighted by Crippen LogP contribution is -2.23. The molecule has 0 aromatic carbocycles. The van der Waals surface area contributed by atoms with Gasteiger partial charge in [-0.2, -0.15) is 0 Å². The van der Waals surface area contributed by atoms with Crippen molar-refractivity contribution in [2.45, 2.75) is 32.3 Å². The summed E-state index contributed by atoms with van der Waals surface area (Å²) >= 11 is 0. The Bertz CT molecular complexity index is 250. The van der Waals surface area contributed by atoms with Gasteiger partial charge >= 0.3 is 0 Å². The van der Waals surface area contributed by atoms with Crippen LogP contribution in [0.1, 0.15) is 26.7 Å². The first-order valence-electron chi connectivity index (χ1n) is 4.44.